The molecule has 0 radical (unpaired) electrons. The molecule has 3 rings (SSSR count). The van der Waals surface area contributed by atoms with E-state index in [4.69, 9.17) is 4.42 Å². The predicted molar refractivity (Wildman–Crippen MR) is 69.3 cm³/mol. The molecule has 8 nitrogen and oxygen atoms in total. The molecule has 0 saturated heterocycles. The first-order valence-electron chi connectivity index (χ1n) is 5.94. The van der Waals surface area contributed by atoms with Crippen molar-refractivity contribution in [3.63, 3.8) is 0 Å². The van der Waals surface area contributed by atoms with Gasteiger partial charge < -0.3 is 29.2 Å². The van der Waals surface area contributed by atoms with Gasteiger partial charge in [-0.25, -0.2) is 0 Å². The Balaban J connectivity index is 0.00000144. The minimum absolute atomic E-state index is 0. The molecule has 3 aromatic rings. The van der Waals surface area contributed by atoms with E-state index in [0.29, 0.717) is 0 Å². The molecule has 24 heavy (non-hydrogen) atoms. The van der Waals surface area contributed by atoms with Gasteiger partial charge in [0.1, 0.15) is 11.6 Å². The normalized spacial score (nSPS) is 10.0. The molecule has 2 aromatic heterocycles. The van der Waals surface area contributed by atoms with Gasteiger partial charge in [-0.2, -0.15) is 0 Å². The maximum atomic E-state index is 11.9. The topological polar surface area (TPSA) is 143 Å². The Morgan fingerprint density at radius 3 is 2.08 bits per heavy atom. The van der Waals surface area contributed by atoms with Crippen LogP contribution in [0.4, 0.5) is 0 Å². The van der Waals surface area contributed by atoms with E-state index in [1.165, 1.54) is 12.1 Å². The number of aromatic nitrogens is 1. The number of carboxylic acids is 2. The smallest absolute Gasteiger partial charge is 0.543 e. The Morgan fingerprint density at radius 1 is 0.875 bits per heavy atom. The van der Waals surface area contributed by atoms with Gasteiger partial charge in [-0.3, -0.25) is 9.59 Å². The summed E-state index contributed by atoms with van der Waals surface area (Å²) < 4.78 is 5.01. The van der Waals surface area contributed by atoms with Crippen LogP contribution in [0.25, 0.3) is 21.9 Å². The van der Waals surface area contributed by atoms with E-state index in [9.17, 15) is 29.4 Å². The first-order valence-corrected chi connectivity index (χ1v) is 5.94. The summed E-state index contributed by atoms with van der Waals surface area (Å²) in [6, 6.07) is 3.95. The number of carboxylic acid groups (broad SMARTS) is 2. The van der Waals surface area contributed by atoms with Crippen molar-refractivity contribution in [1.82, 2.24) is 4.98 Å². The van der Waals surface area contributed by atoms with Gasteiger partial charge in [0.15, 0.2) is 16.6 Å². The number of rotatable bonds is 2. The number of hydrogen-bond acceptors (Lipinski definition) is 7. The maximum Gasteiger partial charge on any atom is 1.00 e. The van der Waals surface area contributed by atoms with Crippen LogP contribution in [0.3, 0.4) is 0 Å². The molecule has 1 N–H and O–H groups in total. The van der Waals surface area contributed by atoms with Crippen LogP contribution in [0.5, 0.6) is 0 Å². The number of benzene rings is 1. The Morgan fingerprint density at radius 2 is 1.50 bits per heavy atom. The van der Waals surface area contributed by atoms with E-state index >= 15 is 0 Å². The van der Waals surface area contributed by atoms with E-state index in [1.807, 2.05) is 0 Å². The first kappa shape index (κ1) is 20.6. The van der Waals surface area contributed by atoms with Gasteiger partial charge in [-0.15, -0.1) is 0 Å². The molecule has 110 valence electrons. The molecule has 0 atom stereocenters. The molecule has 0 saturated carbocycles. The fraction of sp³-hybridized carbons (Fsp3) is 0. The number of H-pyrrole nitrogens is 1. The number of aromatic amines is 1. The van der Waals surface area contributed by atoms with Gasteiger partial charge in [0.25, 0.3) is 0 Å². The summed E-state index contributed by atoms with van der Waals surface area (Å²) in [5.41, 5.74) is -1.79. The largest absolute Gasteiger partial charge is 1.00 e. The van der Waals surface area contributed by atoms with Crippen LogP contribution in [0.1, 0.15) is 21.0 Å². The summed E-state index contributed by atoms with van der Waals surface area (Å²) in [5.74, 6) is -3.92. The summed E-state index contributed by atoms with van der Waals surface area (Å²) in [5, 5.41) is 21.6. The number of pyridine rings is 1. The van der Waals surface area contributed by atoms with Gasteiger partial charge in [-0.1, -0.05) is 0 Å². The van der Waals surface area contributed by atoms with Crippen LogP contribution < -0.4 is 80.2 Å². The summed E-state index contributed by atoms with van der Waals surface area (Å²) in [6.45, 7) is 0. The number of fused-ring (bicyclic) bond motifs is 2. The second-order valence-corrected chi connectivity index (χ2v) is 4.49. The summed E-state index contributed by atoms with van der Waals surface area (Å²) in [4.78, 5) is 47.8. The zero-order chi connectivity index (χ0) is 16.0. The van der Waals surface area contributed by atoms with Gasteiger partial charge in [0.2, 0.25) is 0 Å². The van der Waals surface area contributed by atoms with Gasteiger partial charge in [0, 0.05) is 23.6 Å². The molecule has 2 heterocycles. The predicted octanol–water partition coefficient (Wildman–Crippen LogP) is -7.63. The number of carbonyl (C=O) groups excluding carboxylic acids is 2. The van der Waals surface area contributed by atoms with E-state index in [0.717, 1.165) is 12.1 Å². The van der Waals surface area contributed by atoms with Gasteiger partial charge in [-0.05, 0) is 6.07 Å². The van der Waals surface area contributed by atoms with Crippen LogP contribution in [-0.2, 0) is 0 Å². The van der Waals surface area contributed by atoms with Crippen molar-refractivity contribution in [2.75, 3.05) is 0 Å². The summed E-state index contributed by atoms with van der Waals surface area (Å²) in [7, 11) is 0. The van der Waals surface area contributed by atoms with Crippen molar-refractivity contribution in [2.24, 2.45) is 0 Å². The average molecular weight is 345 g/mol. The van der Waals surface area contributed by atoms with Crippen molar-refractivity contribution in [3.8, 4) is 0 Å². The van der Waals surface area contributed by atoms with Gasteiger partial charge >= 0.3 is 59.1 Å². The molecular formula is C14H5NNa2O7. The Labute approximate surface area is 177 Å². The van der Waals surface area contributed by atoms with Crippen LogP contribution in [-0.4, -0.2) is 16.9 Å². The van der Waals surface area contributed by atoms with Crippen molar-refractivity contribution in [1.29, 1.82) is 0 Å². The third-order valence-corrected chi connectivity index (χ3v) is 3.10. The fourth-order valence-electron chi connectivity index (χ4n) is 2.11. The molecule has 0 aliphatic heterocycles. The molecule has 0 aliphatic carbocycles. The van der Waals surface area contributed by atoms with Crippen molar-refractivity contribution in [2.45, 2.75) is 0 Å². The summed E-state index contributed by atoms with van der Waals surface area (Å²) >= 11 is 0. The van der Waals surface area contributed by atoms with Crippen LogP contribution >= 0.6 is 0 Å². The third kappa shape index (κ3) is 3.64. The maximum absolute atomic E-state index is 11.9. The van der Waals surface area contributed by atoms with Crippen molar-refractivity contribution < 1.29 is 83.3 Å². The molecular weight excluding hydrogens is 340 g/mol. The van der Waals surface area contributed by atoms with E-state index in [1.54, 1.807) is 0 Å². The quantitative estimate of drug-likeness (QED) is 0.359. The second kappa shape index (κ2) is 7.64. The number of carbonyl (C=O) groups is 2. The monoisotopic (exact) mass is 345 g/mol. The van der Waals surface area contributed by atoms with Crippen LogP contribution in [0.2, 0.25) is 0 Å². The average Bonchev–Trinajstić information content (AvgIpc) is 2.45. The van der Waals surface area contributed by atoms with Crippen LogP contribution in [0, 0.1) is 0 Å². The Kier molecular flexibility index (Phi) is 6.57. The summed E-state index contributed by atoms with van der Waals surface area (Å²) in [6.07, 6.45) is 0. The zero-order valence-corrected chi connectivity index (χ0v) is 16.7. The molecule has 0 aliphatic rings. The molecule has 10 heteroatoms. The van der Waals surface area contributed by atoms with Crippen LogP contribution in [0.15, 0.2) is 38.3 Å². The molecule has 0 amide bonds. The molecule has 0 bridgehead atoms. The minimum Gasteiger partial charge on any atom is -0.543 e. The Bertz CT molecular complexity index is 1000. The van der Waals surface area contributed by atoms with Gasteiger partial charge in [0.05, 0.1) is 22.6 Å². The fourth-order valence-corrected chi connectivity index (χ4v) is 2.11. The third-order valence-electron chi connectivity index (χ3n) is 3.10. The number of aromatic carboxylic acids is 2. The Hall–Kier alpha value is -1.42. The number of nitrogens with one attached hydrogen (secondary N) is 1. The second-order valence-electron chi connectivity index (χ2n) is 4.49. The molecule has 0 spiro atoms. The number of hydrogen-bond donors (Lipinski definition) is 1. The van der Waals surface area contributed by atoms with Crippen molar-refractivity contribution >= 4 is 33.8 Å². The van der Waals surface area contributed by atoms with Crippen molar-refractivity contribution in [3.05, 3.63) is 56.2 Å². The zero-order valence-electron chi connectivity index (χ0n) is 12.7. The van der Waals surface area contributed by atoms with E-state index < -0.39 is 34.3 Å². The van der Waals surface area contributed by atoms with E-state index in [2.05, 4.69) is 4.98 Å². The standard InChI is InChI=1S/C14H7NO7.2Na/c16-9-2-8(13(18)19)15-7-3-11-6(1-5(7)9)10(17)4-12(22-11)14(20)21;;/h1-4H,(H,15,16)(H,18,19)(H,20,21);;/q;2*+1/p-2. The minimum atomic E-state index is -1.67. The van der Waals surface area contributed by atoms with E-state index in [-0.39, 0.29) is 81.0 Å². The molecule has 0 fully saturated rings. The molecule has 0 unspecified atom stereocenters. The first-order chi connectivity index (χ1) is 10.4. The molecule has 1 aromatic carbocycles. The SMILES string of the molecule is O=C([O-])c1cc(=O)c2cc3c(=O)cc(C(=O)[O-])oc3cc2[nH]1.[Na+].[Na+].